The van der Waals surface area contributed by atoms with E-state index in [2.05, 4.69) is 45.4 Å². The second kappa shape index (κ2) is 10.1. The molecule has 1 aromatic rings. The number of nitrogens with one attached hydrogen (secondary N) is 2. The van der Waals surface area contributed by atoms with Crippen molar-refractivity contribution in [2.45, 2.75) is 58.9 Å². The van der Waals surface area contributed by atoms with Crippen molar-refractivity contribution in [2.24, 2.45) is 28.0 Å². The summed E-state index contributed by atoms with van der Waals surface area (Å²) in [6.45, 7) is 7.76. The van der Waals surface area contributed by atoms with E-state index >= 15 is 0 Å². The second-order valence-corrected chi connectivity index (χ2v) is 9.40. The summed E-state index contributed by atoms with van der Waals surface area (Å²) in [5.41, 5.74) is 7.08. The molecule has 0 aromatic carbocycles. The number of aliphatic imine (C=N–C) groups is 1. The summed E-state index contributed by atoms with van der Waals surface area (Å²) >= 11 is 0. The minimum absolute atomic E-state index is 0.101. The molecule has 1 aromatic heterocycles. The summed E-state index contributed by atoms with van der Waals surface area (Å²) in [6.07, 6.45) is 8.84. The number of hydrogen-bond acceptors (Lipinski definition) is 4. The van der Waals surface area contributed by atoms with Crippen LogP contribution in [0.5, 0.6) is 0 Å². The lowest BCUT2D eigenvalue weighted by molar-refractivity contribution is -0.122. The molecule has 2 heterocycles. The molecule has 0 radical (unpaired) electrons. The van der Waals surface area contributed by atoms with Gasteiger partial charge in [0.1, 0.15) is 5.82 Å². The van der Waals surface area contributed by atoms with Crippen molar-refractivity contribution in [3.05, 3.63) is 23.9 Å². The number of guanidine groups is 1. The van der Waals surface area contributed by atoms with E-state index in [9.17, 15) is 4.79 Å². The molecular weight excluding hydrogens is 376 g/mol. The van der Waals surface area contributed by atoms with Crippen LogP contribution in [0.25, 0.3) is 0 Å². The molecule has 0 bridgehead atoms. The Morgan fingerprint density at radius 1 is 1.37 bits per heavy atom. The van der Waals surface area contributed by atoms with Gasteiger partial charge in [-0.15, -0.1) is 0 Å². The number of anilines is 1. The molecule has 30 heavy (non-hydrogen) atoms. The van der Waals surface area contributed by atoms with E-state index in [1.165, 1.54) is 25.7 Å². The Hall–Kier alpha value is -2.31. The topological polar surface area (TPSA) is 95.6 Å². The number of rotatable bonds is 8. The van der Waals surface area contributed by atoms with Crippen LogP contribution in [-0.2, 0) is 11.3 Å². The summed E-state index contributed by atoms with van der Waals surface area (Å²) < 4.78 is 0. The molecule has 166 valence electrons. The number of nitrogens with zero attached hydrogens (tertiary/aromatic N) is 3. The number of hydrogen-bond donors (Lipinski definition) is 3. The molecule has 1 saturated carbocycles. The Bertz CT molecular complexity index is 743. The molecule has 1 amide bonds. The first-order chi connectivity index (χ1) is 14.4. The van der Waals surface area contributed by atoms with Crippen LogP contribution in [0.2, 0.25) is 0 Å². The van der Waals surface area contributed by atoms with Gasteiger partial charge in [-0.3, -0.25) is 9.79 Å². The van der Waals surface area contributed by atoms with Gasteiger partial charge in [-0.2, -0.15) is 0 Å². The molecule has 0 spiro atoms. The first-order valence-electron chi connectivity index (χ1n) is 11.3. The maximum absolute atomic E-state index is 11.7. The van der Waals surface area contributed by atoms with Gasteiger partial charge in [0, 0.05) is 45.0 Å². The van der Waals surface area contributed by atoms with E-state index < -0.39 is 0 Å². The monoisotopic (exact) mass is 414 g/mol. The zero-order valence-electron chi connectivity index (χ0n) is 18.8. The van der Waals surface area contributed by atoms with Crippen LogP contribution in [0.1, 0.15) is 57.9 Å². The highest BCUT2D eigenvalue weighted by atomic mass is 16.1. The maximum Gasteiger partial charge on any atom is 0.222 e. The lowest BCUT2D eigenvalue weighted by Crippen LogP contribution is -2.47. The van der Waals surface area contributed by atoms with Crippen LogP contribution >= 0.6 is 0 Å². The summed E-state index contributed by atoms with van der Waals surface area (Å²) in [7, 11) is 1.82. The second-order valence-electron chi connectivity index (χ2n) is 9.40. The molecule has 1 aliphatic heterocycles. The van der Waals surface area contributed by atoms with Crippen molar-refractivity contribution in [3.63, 3.8) is 0 Å². The number of carbonyl (C=O) groups excluding carboxylic acids is 1. The van der Waals surface area contributed by atoms with Gasteiger partial charge in [0.25, 0.3) is 0 Å². The number of primary amides is 1. The van der Waals surface area contributed by atoms with Crippen molar-refractivity contribution in [1.82, 2.24) is 15.6 Å². The van der Waals surface area contributed by atoms with Crippen molar-refractivity contribution in [1.29, 1.82) is 0 Å². The fourth-order valence-corrected chi connectivity index (χ4v) is 4.92. The minimum atomic E-state index is -0.216. The molecule has 1 unspecified atom stereocenters. The standard InChI is InChI=1S/C23H38N6O/c1-17(2)13-23(9-6-10-23)16-28-22(25-3)27-14-18-7-4-11-26-21(18)29-12-5-8-19(15-29)20(24)30/h4,7,11,17,19H,5-6,8-10,12-16H2,1-3H3,(H2,24,30)(H2,25,27,28). The smallest absolute Gasteiger partial charge is 0.222 e. The van der Waals surface area contributed by atoms with E-state index in [-0.39, 0.29) is 11.8 Å². The molecule has 1 aliphatic carbocycles. The van der Waals surface area contributed by atoms with Crippen molar-refractivity contribution in [3.8, 4) is 0 Å². The first-order valence-corrected chi connectivity index (χ1v) is 11.3. The highest BCUT2D eigenvalue weighted by Gasteiger charge is 2.37. The average molecular weight is 415 g/mol. The van der Waals surface area contributed by atoms with Gasteiger partial charge in [0.05, 0.1) is 5.92 Å². The van der Waals surface area contributed by atoms with Crippen molar-refractivity contribution >= 4 is 17.7 Å². The Labute approximate surface area is 180 Å². The van der Waals surface area contributed by atoms with Crippen LogP contribution < -0.4 is 21.3 Å². The van der Waals surface area contributed by atoms with Crippen molar-refractivity contribution in [2.75, 3.05) is 31.6 Å². The Morgan fingerprint density at radius 2 is 2.17 bits per heavy atom. The molecule has 1 saturated heterocycles. The third kappa shape index (κ3) is 5.64. The predicted octanol–water partition coefficient (Wildman–Crippen LogP) is 2.66. The molecular formula is C23H38N6O. The van der Waals surface area contributed by atoms with Gasteiger partial charge in [0.15, 0.2) is 5.96 Å². The highest BCUT2D eigenvalue weighted by molar-refractivity contribution is 5.80. The molecule has 7 heteroatoms. The average Bonchev–Trinajstić information content (AvgIpc) is 2.71. The lowest BCUT2D eigenvalue weighted by atomic mass is 9.64. The van der Waals surface area contributed by atoms with E-state index in [0.717, 1.165) is 43.3 Å². The number of carbonyl (C=O) groups is 1. The third-order valence-corrected chi connectivity index (χ3v) is 6.55. The van der Waals surface area contributed by atoms with Crippen LogP contribution in [0.15, 0.2) is 23.3 Å². The Kier molecular flexibility index (Phi) is 7.56. The normalized spacial score (nSPS) is 21.3. The summed E-state index contributed by atoms with van der Waals surface area (Å²) in [5.74, 6) is 2.16. The fraction of sp³-hybridized carbons (Fsp3) is 0.696. The summed E-state index contributed by atoms with van der Waals surface area (Å²) in [4.78, 5) is 22.9. The van der Waals surface area contributed by atoms with Gasteiger partial charge >= 0.3 is 0 Å². The summed E-state index contributed by atoms with van der Waals surface area (Å²) in [5, 5.41) is 7.01. The zero-order chi connectivity index (χ0) is 21.6. The van der Waals surface area contributed by atoms with Gasteiger partial charge in [-0.05, 0) is 49.5 Å². The maximum atomic E-state index is 11.7. The van der Waals surface area contributed by atoms with Crippen molar-refractivity contribution < 1.29 is 4.79 Å². The highest BCUT2D eigenvalue weighted by Crippen LogP contribution is 2.45. The molecule has 3 rings (SSSR count). The van der Waals surface area contributed by atoms with E-state index in [1.807, 2.05) is 19.3 Å². The zero-order valence-corrected chi connectivity index (χ0v) is 18.8. The Morgan fingerprint density at radius 3 is 2.80 bits per heavy atom. The van der Waals surface area contributed by atoms with Gasteiger partial charge < -0.3 is 21.3 Å². The number of nitrogens with two attached hydrogens (primary N) is 1. The quantitative estimate of drug-likeness (QED) is 0.449. The fourth-order valence-electron chi connectivity index (χ4n) is 4.92. The molecule has 2 aliphatic rings. The first kappa shape index (κ1) is 22.4. The van der Waals surface area contributed by atoms with E-state index in [1.54, 1.807) is 0 Å². The Balaban J connectivity index is 1.59. The number of pyridine rings is 1. The molecule has 2 fully saturated rings. The van der Waals surface area contributed by atoms with Crippen LogP contribution in [0, 0.1) is 17.3 Å². The van der Waals surface area contributed by atoms with E-state index in [4.69, 9.17) is 5.73 Å². The molecule has 4 N–H and O–H groups in total. The number of aromatic nitrogens is 1. The van der Waals surface area contributed by atoms with Gasteiger partial charge in [0.2, 0.25) is 5.91 Å². The van der Waals surface area contributed by atoms with Gasteiger partial charge in [-0.25, -0.2) is 4.98 Å². The number of piperidine rings is 1. The minimum Gasteiger partial charge on any atom is -0.369 e. The predicted molar refractivity (Wildman–Crippen MR) is 122 cm³/mol. The lowest BCUT2D eigenvalue weighted by Gasteiger charge is -2.43. The molecule has 1 atom stereocenters. The summed E-state index contributed by atoms with van der Waals surface area (Å²) in [6, 6.07) is 4.04. The van der Waals surface area contributed by atoms with E-state index in [0.29, 0.717) is 24.4 Å². The SMILES string of the molecule is CN=C(NCc1cccnc1N1CCCC(C(N)=O)C1)NCC1(CC(C)C)CCC1. The molecule has 7 nitrogen and oxygen atoms in total. The van der Waals surface area contributed by atoms with Crippen LogP contribution in [0.3, 0.4) is 0 Å². The van der Waals surface area contributed by atoms with Crippen LogP contribution in [0.4, 0.5) is 5.82 Å². The third-order valence-electron chi connectivity index (χ3n) is 6.55. The number of amides is 1. The van der Waals surface area contributed by atoms with Crippen LogP contribution in [-0.4, -0.2) is 43.5 Å². The van der Waals surface area contributed by atoms with Gasteiger partial charge in [-0.1, -0.05) is 26.3 Å². The largest absolute Gasteiger partial charge is 0.369 e.